The molecule has 0 saturated heterocycles. The van der Waals surface area contributed by atoms with E-state index in [0.29, 0.717) is 41.4 Å². The van der Waals surface area contributed by atoms with E-state index in [1.165, 1.54) is 0 Å². The van der Waals surface area contributed by atoms with Gasteiger partial charge in [-0.2, -0.15) is 5.26 Å². The van der Waals surface area contributed by atoms with Crippen LogP contribution in [0.5, 0.6) is 0 Å². The Labute approximate surface area is 166 Å². The van der Waals surface area contributed by atoms with Crippen LogP contribution in [0, 0.1) is 11.3 Å². The molecule has 4 aromatic heterocycles. The number of alkyl halides is 1. The Bertz CT molecular complexity index is 1230. The number of halogens is 1. The summed E-state index contributed by atoms with van der Waals surface area (Å²) in [6.07, 6.45) is 10.2. The highest BCUT2D eigenvalue weighted by molar-refractivity contribution is 5.79. The molecule has 0 unspecified atom stereocenters. The van der Waals surface area contributed by atoms with Gasteiger partial charge in [-0.3, -0.25) is 0 Å². The van der Waals surface area contributed by atoms with Crippen LogP contribution in [0.15, 0.2) is 53.5 Å². The zero-order chi connectivity index (χ0) is 19.8. The number of fused-ring (bicyclic) bond motifs is 1. The second-order valence-electron chi connectivity index (χ2n) is 7.47. The van der Waals surface area contributed by atoms with Gasteiger partial charge in [-0.25, -0.2) is 19.3 Å². The van der Waals surface area contributed by atoms with Crippen LogP contribution in [0.1, 0.15) is 37.3 Å². The number of aromatic nitrogens is 4. The number of hydrogen-bond donors (Lipinski definition) is 0. The van der Waals surface area contributed by atoms with Gasteiger partial charge in [-0.1, -0.05) is 12.8 Å². The van der Waals surface area contributed by atoms with Gasteiger partial charge in [0.2, 0.25) is 0 Å². The van der Waals surface area contributed by atoms with Crippen LogP contribution in [-0.2, 0) is 6.42 Å². The monoisotopic (exact) mass is 387 g/mol. The summed E-state index contributed by atoms with van der Waals surface area (Å²) in [5, 5.41) is 9.29. The quantitative estimate of drug-likeness (QED) is 0.505. The second kappa shape index (κ2) is 6.82. The Morgan fingerprint density at radius 2 is 2.03 bits per heavy atom. The van der Waals surface area contributed by atoms with E-state index < -0.39 is 5.67 Å². The number of hydrogen-bond acceptors (Lipinski definition) is 5. The molecule has 0 N–H and O–H groups in total. The number of nitriles is 1. The molecule has 0 radical (unpaired) electrons. The van der Waals surface area contributed by atoms with Gasteiger partial charge in [-0.15, -0.1) is 0 Å². The lowest BCUT2D eigenvalue weighted by Crippen LogP contribution is -2.21. The van der Waals surface area contributed by atoms with Crippen LogP contribution in [0.4, 0.5) is 4.39 Å². The Hall–Kier alpha value is -3.53. The van der Waals surface area contributed by atoms with Gasteiger partial charge in [0.25, 0.3) is 0 Å². The minimum absolute atomic E-state index is 0.187. The first-order valence-corrected chi connectivity index (χ1v) is 9.62. The van der Waals surface area contributed by atoms with Crippen molar-refractivity contribution >= 4 is 5.65 Å². The number of rotatable bonds is 4. The summed E-state index contributed by atoms with van der Waals surface area (Å²) < 4.78 is 22.6. The van der Waals surface area contributed by atoms with Gasteiger partial charge >= 0.3 is 0 Å². The SMILES string of the molecule is N#Cc1ccc(-c2cnc(CC3(F)CCCC3)o2)c(-c2ccn3ccnc3c2)n1. The molecule has 0 amide bonds. The number of imidazole rings is 1. The van der Waals surface area contributed by atoms with E-state index in [4.69, 9.17) is 4.42 Å². The molecular formula is C22H18FN5O. The lowest BCUT2D eigenvalue weighted by atomic mass is 10.0. The standard InChI is InChI=1S/C22H18FN5O/c23-22(6-1-2-7-22)12-20-26-14-18(29-20)17-4-3-16(13-24)27-21(17)15-5-9-28-10-8-25-19(28)11-15/h3-5,8-11,14H,1-2,6-7,12H2. The molecule has 1 aliphatic rings. The normalized spacial score (nSPS) is 15.6. The smallest absolute Gasteiger partial charge is 0.198 e. The summed E-state index contributed by atoms with van der Waals surface area (Å²) in [5.74, 6) is 0.903. The van der Waals surface area contributed by atoms with E-state index in [1.54, 1.807) is 24.5 Å². The van der Waals surface area contributed by atoms with Gasteiger partial charge in [0.15, 0.2) is 11.7 Å². The summed E-state index contributed by atoms with van der Waals surface area (Å²) in [6.45, 7) is 0. The molecule has 0 bridgehead atoms. The predicted octanol–water partition coefficient (Wildman–Crippen LogP) is 4.75. The van der Waals surface area contributed by atoms with Crippen LogP contribution in [0.25, 0.3) is 28.2 Å². The molecule has 0 atom stereocenters. The Morgan fingerprint density at radius 3 is 2.86 bits per heavy atom. The fourth-order valence-corrected chi connectivity index (χ4v) is 3.97. The number of nitrogens with zero attached hydrogens (tertiary/aromatic N) is 5. The van der Waals surface area contributed by atoms with Gasteiger partial charge in [0.1, 0.15) is 23.1 Å². The predicted molar refractivity (Wildman–Crippen MR) is 105 cm³/mol. The topological polar surface area (TPSA) is 80.0 Å². The van der Waals surface area contributed by atoms with Crippen LogP contribution < -0.4 is 0 Å². The number of oxazole rings is 1. The van der Waals surface area contributed by atoms with Gasteiger partial charge in [0.05, 0.1) is 18.3 Å². The molecule has 5 rings (SSSR count). The zero-order valence-electron chi connectivity index (χ0n) is 15.7. The highest BCUT2D eigenvalue weighted by Gasteiger charge is 2.35. The lowest BCUT2D eigenvalue weighted by Gasteiger charge is -2.15. The third-order valence-electron chi connectivity index (χ3n) is 5.47. The summed E-state index contributed by atoms with van der Waals surface area (Å²) >= 11 is 0. The minimum atomic E-state index is -1.22. The largest absolute Gasteiger partial charge is 0.441 e. The average molecular weight is 387 g/mol. The Morgan fingerprint density at radius 1 is 1.17 bits per heavy atom. The van der Waals surface area contributed by atoms with Crippen molar-refractivity contribution in [3.05, 3.63) is 60.6 Å². The van der Waals surface area contributed by atoms with Crippen molar-refractivity contribution in [3.63, 3.8) is 0 Å². The highest BCUT2D eigenvalue weighted by atomic mass is 19.1. The number of pyridine rings is 2. The van der Waals surface area contributed by atoms with E-state index in [1.807, 2.05) is 28.9 Å². The molecule has 4 heterocycles. The fourth-order valence-electron chi connectivity index (χ4n) is 3.97. The molecule has 7 heteroatoms. The third-order valence-corrected chi connectivity index (χ3v) is 5.47. The zero-order valence-corrected chi connectivity index (χ0v) is 15.7. The van der Waals surface area contributed by atoms with Crippen LogP contribution in [-0.4, -0.2) is 25.0 Å². The van der Waals surface area contributed by atoms with Gasteiger partial charge in [-0.05, 0) is 37.1 Å². The molecule has 6 nitrogen and oxygen atoms in total. The highest BCUT2D eigenvalue weighted by Crippen LogP contribution is 2.37. The molecular weight excluding hydrogens is 369 g/mol. The molecule has 29 heavy (non-hydrogen) atoms. The third kappa shape index (κ3) is 3.27. The van der Waals surface area contributed by atoms with Crippen molar-refractivity contribution in [2.45, 2.75) is 37.8 Å². The molecule has 1 saturated carbocycles. The molecule has 1 fully saturated rings. The minimum Gasteiger partial charge on any atom is -0.441 e. The van der Waals surface area contributed by atoms with E-state index in [9.17, 15) is 9.65 Å². The van der Waals surface area contributed by atoms with Gasteiger partial charge in [0, 0.05) is 29.7 Å². The van der Waals surface area contributed by atoms with E-state index >= 15 is 0 Å². The summed E-state index contributed by atoms with van der Waals surface area (Å²) in [6, 6.07) is 9.33. The maximum atomic E-state index is 14.8. The van der Waals surface area contributed by atoms with Crippen molar-refractivity contribution < 1.29 is 8.81 Å². The van der Waals surface area contributed by atoms with Crippen molar-refractivity contribution in [1.29, 1.82) is 5.26 Å². The Kier molecular flexibility index (Phi) is 4.13. The maximum Gasteiger partial charge on any atom is 0.198 e. The first-order chi connectivity index (χ1) is 14.1. The van der Waals surface area contributed by atoms with Gasteiger partial charge < -0.3 is 8.82 Å². The summed E-state index contributed by atoms with van der Waals surface area (Å²) in [7, 11) is 0. The molecule has 0 aromatic carbocycles. The van der Waals surface area contributed by atoms with Crippen LogP contribution in [0.3, 0.4) is 0 Å². The molecule has 1 aliphatic carbocycles. The van der Waals surface area contributed by atoms with Crippen LogP contribution >= 0.6 is 0 Å². The molecule has 0 spiro atoms. The average Bonchev–Trinajstić information content (AvgIpc) is 3.48. The Balaban J connectivity index is 1.56. The van der Waals surface area contributed by atoms with Crippen molar-refractivity contribution in [3.8, 4) is 28.7 Å². The molecule has 144 valence electrons. The van der Waals surface area contributed by atoms with E-state index in [-0.39, 0.29) is 6.42 Å². The second-order valence-corrected chi connectivity index (χ2v) is 7.47. The summed E-state index contributed by atoms with van der Waals surface area (Å²) in [5.41, 5.74) is 1.98. The van der Waals surface area contributed by atoms with Crippen molar-refractivity contribution in [2.24, 2.45) is 0 Å². The fraction of sp³-hybridized carbons (Fsp3) is 0.273. The maximum absolute atomic E-state index is 14.8. The molecule has 0 aliphatic heterocycles. The lowest BCUT2D eigenvalue weighted by molar-refractivity contribution is 0.161. The van der Waals surface area contributed by atoms with E-state index in [0.717, 1.165) is 24.1 Å². The van der Waals surface area contributed by atoms with Crippen molar-refractivity contribution in [2.75, 3.05) is 0 Å². The van der Waals surface area contributed by atoms with Crippen molar-refractivity contribution in [1.82, 2.24) is 19.4 Å². The molecule has 4 aromatic rings. The van der Waals surface area contributed by atoms with Crippen LogP contribution in [0.2, 0.25) is 0 Å². The first-order valence-electron chi connectivity index (χ1n) is 9.62. The van der Waals surface area contributed by atoms with E-state index in [2.05, 4.69) is 21.0 Å². The first kappa shape index (κ1) is 17.6. The summed E-state index contributed by atoms with van der Waals surface area (Å²) in [4.78, 5) is 13.1.